The minimum atomic E-state index is -0.0799. The second-order valence-electron chi connectivity index (χ2n) is 6.07. The van der Waals surface area contributed by atoms with Crippen LogP contribution in [0.5, 0.6) is 0 Å². The Labute approximate surface area is 165 Å². The van der Waals surface area contributed by atoms with Crippen LogP contribution in [-0.2, 0) is 12.3 Å². The number of rotatable bonds is 6. The van der Waals surface area contributed by atoms with Gasteiger partial charge in [-0.25, -0.2) is 9.97 Å². The van der Waals surface area contributed by atoms with Gasteiger partial charge in [0.15, 0.2) is 5.16 Å². The normalized spacial score (nSPS) is 11.0. The van der Waals surface area contributed by atoms with Crippen molar-refractivity contribution in [2.45, 2.75) is 24.4 Å². The molecule has 0 radical (unpaired) electrons. The zero-order valence-corrected chi connectivity index (χ0v) is 16.4. The molecule has 5 nitrogen and oxygen atoms in total. The van der Waals surface area contributed by atoms with E-state index in [4.69, 9.17) is 0 Å². The third-order valence-corrected chi connectivity index (χ3v) is 5.95. The summed E-state index contributed by atoms with van der Waals surface area (Å²) in [5, 5.41) is 6.71. The van der Waals surface area contributed by atoms with Gasteiger partial charge in [0.2, 0.25) is 0 Å². The minimum Gasteiger partial charge on any atom is -0.346 e. The van der Waals surface area contributed by atoms with Crippen LogP contribution in [0.1, 0.15) is 26.6 Å². The van der Waals surface area contributed by atoms with Crippen LogP contribution in [0.25, 0.3) is 11.0 Å². The number of hydrogen-bond donors (Lipinski definition) is 2. The van der Waals surface area contributed by atoms with Crippen LogP contribution in [0.3, 0.4) is 0 Å². The van der Waals surface area contributed by atoms with E-state index in [9.17, 15) is 4.79 Å². The van der Waals surface area contributed by atoms with Crippen molar-refractivity contribution in [2.75, 3.05) is 0 Å². The molecule has 4 aromatic rings. The predicted molar refractivity (Wildman–Crippen MR) is 110 cm³/mol. The molecule has 0 saturated heterocycles. The number of fused-ring (bicyclic) bond motifs is 1. The van der Waals surface area contributed by atoms with E-state index >= 15 is 0 Å². The van der Waals surface area contributed by atoms with Crippen molar-refractivity contribution < 1.29 is 4.79 Å². The molecule has 136 valence electrons. The van der Waals surface area contributed by atoms with E-state index in [0.717, 1.165) is 32.5 Å². The number of amides is 1. The van der Waals surface area contributed by atoms with Gasteiger partial charge in [-0.05, 0) is 30.7 Å². The molecule has 0 spiro atoms. The largest absolute Gasteiger partial charge is 0.346 e. The number of thiazole rings is 1. The quantitative estimate of drug-likeness (QED) is 0.471. The van der Waals surface area contributed by atoms with Gasteiger partial charge in [-0.1, -0.05) is 42.1 Å². The molecule has 0 aliphatic heterocycles. The number of H-pyrrole nitrogens is 1. The van der Waals surface area contributed by atoms with Crippen molar-refractivity contribution in [1.29, 1.82) is 0 Å². The maximum absolute atomic E-state index is 12.6. The first kappa shape index (κ1) is 17.8. The summed E-state index contributed by atoms with van der Waals surface area (Å²) in [6, 6.07) is 15.6. The lowest BCUT2D eigenvalue weighted by Crippen LogP contribution is -2.23. The fraction of sp³-hybridized carbons (Fsp3) is 0.150. The number of aromatic amines is 1. The number of carbonyl (C=O) groups is 1. The zero-order valence-electron chi connectivity index (χ0n) is 14.7. The van der Waals surface area contributed by atoms with Crippen LogP contribution >= 0.6 is 23.1 Å². The Morgan fingerprint density at radius 1 is 1.15 bits per heavy atom. The van der Waals surface area contributed by atoms with E-state index in [1.54, 1.807) is 23.1 Å². The van der Waals surface area contributed by atoms with E-state index in [2.05, 4.69) is 20.3 Å². The van der Waals surface area contributed by atoms with Gasteiger partial charge in [0.05, 0.1) is 17.6 Å². The minimum absolute atomic E-state index is 0.0799. The molecule has 2 heterocycles. The zero-order chi connectivity index (χ0) is 18.6. The lowest BCUT2D eigenvalue weighted by molar-refractivity contribution is 0.0950. The lowest BCUT2D eigenvalue weighted by Gasteiger charge is -2.08. The summed E-state index contributed by atoms with van der Waals surface area (Å²) in [5.41, 5.74) is 4.62. The van der Waals surface area contributed by atoms with Gasteiger partial charge in [0, 0.05) is 22.4 Å². The fourth-order valence-corrected chi connectivity index (χ4v) is 4.35. The molecule has 27 heavy (non-hydrogen) atoms. The van der Waals surface area contributed by atoms with Crippen LogP contribution in [0.2, 0.25) is 0 Å². The Hall–Kier alpha value is -2.64. The number of aryl methyl sites for hydroxylation is 1. The fourth-order valence-electron chi connectivity index (χ4n) is 2.75. The van der Waals surface area contributed by atoms with E-state index in [0.29, 0.717) is 17.9 Å². The van der Waals surface area contributed by atoms with Crippen molar-refractivity contribution in [2.24, 2.45) is 0 Å². The number of thioether (sulfide) groups is 1. The van der Waals surface area contributed by atoms with Crippen molar-refractivity contribution in [1.82, 2.24) is 20.3 Å². The Balaban J connectivity index is 1.44. The van der Waals surface area contributed by atoms with Gasteiger partial charge in [-0.2, -0.15) is 0 Å². The number of nitrogens with one attached hydrogen (secondary N) is 2. The first-order valence-corrected chi connectivity index (χ1v) is 10.4. The summed E-state index contributed by atoms with van der Waals surface area (Å²) in [5.74, 6) is 0.586. The number of carbonyl (C=O) groups excluding carboxylic acids is 1. The summed E-state index contributed by atoms with van der Waals surface area (Å²) in [7, 11) is 0. The van der Waals surface area contributed by atoms with Crippen LogP contribution in [0, 0.1) is 6.92 Å². The summed E-state index contributed by atoms with van der Waals surface area (Å²) >= 11 is 3.15. The molecule has 2 aromatic carbocycles. The third kappa shape index (κ3) is 4.20. The maximum atomic E-state index is 12.6. The smallest absolute Gasteiger partial charge is 0.251 e. The molecule has 1 amide bonds. The second kappa shape index (κ2) is 7.94. The Bertz CT molecular complexity index is 1050. The molecular formula is C20H18N4OS2. The van der Waals surface area contributed by atoms with E-state index < -0.39 is 0 Å². The van der Waals surface area contributed by atoms with Crippen molar-refractivity contribution in [3.63, 3.8) is 0 Å². The molecule has 7 heteroatoms. The first-order valence-electron chi connectivity index (χ1n) is 8.54. The molecule has 2 N–H and O–H groups in total. The van der Waals surface area contributed by atoms with Gasteiger partial charge >= 0.3 is 0 Å². The van der Waals surface area contributed by atoms with Crippen LogP contribution in [0.15, 0.2) is 59.1 Å². The van der Waals surface area contributed by atoms with Crippen LogP contribution < -0.4 is 5.32 Å². The average Bonchev–Trinajstić information content (AvgIpc) is 3.30. The summed E-state index contributed by atoms with van der Waals surface area (Å²) in [6.07, 6.45) is 0. The maximum Gasteiger partial charge on any atom is 0.251 e. The van der Waals surface area contributed by atoms with Gasteiger partial charge in [0.1, 0.15) is 5.01 Å². The summed E-state index contributed by atoms with van der Waals surface area (Å²) < 4.78 is 0. The summed E-state index contributed by atoms with van der Waals surface area (Å²) in [4.78, 5) is 24.9. The number of benzene rings is 2. The highest BCUT2D eigenvalue weighted by molar-refractivity contribution is 7.98. The SMILES string of the molecule is Cc1csc(CNC(=O)c2ccccc2CSc2nc3ccccc3[nH]2)n1. The molecule has 0 bridgehead atoms. The molecule has 2 aromatic heterocycles. The topological polar surface area (TPSA) is 70.7 Å². The Morgan fingerprint density at radius 3 is 2.78 bits per heavy atom. The number of imidazole rings is 1. The third-order valence-electron chi connectivity index (χ3n) is 4.06. The van der Waals surface area contributed by atoms with Gasteiger partial charge in [-0.15, -0.1) is 11.3 Å². The molecular weight excluding hydrogens is 376 g/mol. The highest BCUT2D eigenvalue weighted by atomic mass is 32.2. The molecule has 4 rings (SSSR count). The molecule has 0 aliphatic rings. The monoisotopic (exact) mass is 394 g/mol. The standard InChI is InChI=1S/C20H18N4OS2/c1-13-11-26-18(22-13)10-21-19(25)15-7-3-2-6-14(15)12-27-20-23-16-8-4-5-9-17(16)24-20/h2-9,11H,10,12H2,1H3,(H,21,25)(H,23,24). The Kier molecular flexibility index (Phi) is 5.22. The first-order chi connectivity index (χ1) is 13.2. The average molecular weight is 395 g/mol. The van der Waals surface area contributed by atoms with Crippen LogP contribution in [0.4, 0.5) is 0 Å². The highest BCUT2D eigenvalue weighted by Gasteiger charge is 2.12. The molecule has 0 saturated carbocycles. The van der Waals surface area contributed by atoms with Gasteiger partial charge in [-0.3, -0.25) is 4.79 Å². The number of hydrogen-bond acceptors (Lipinski definition) is 5. The molecule has 0 fully saturated rings. The van der Waals surface area contributed by atoms with Gasteiger partial charge < -0.3 is 10.3 Å². The number of nitrogens with zero attached hydrogens (tertiary/aromatic N) is 2. The Morgan fingerprint density at radius 2 is 1.96 bits per heavy atom. The second-order valence-corrected chi connectivity index (χ2v) is 7.98. The van der Waals surface area contributed by atoms with Gasteiger partial charge in [0.25, 0.3) is 5.91 Å². The summed E-state index contributed by atoms with van der Waals surface area (Å²) in [6.45, 7) is 2.40. The van der Waals surface area contributed by atoms with E-state index in [1.807, 2.05) is 60.8 Å². The van der Waals surface area contributed by atoms with Crippen molar-refractivity contribution in [3.05, 3.63) is 75.7 Å². The van der Waals surface area contributed by atoms with E-state index in [-0.39, 0.29) is 5.91 Å². The molecule has 0 atom stereocenters. The number of aromatic nitrogens is 3. The van der Waals surface area contributed by atoms with Crippen molar-refractivity contribution in [3.8, 4) is 0 Å². The molecule has 0 aliphatic carbocycles. The number of para-hydroxylation sites is 2. The predicted octanol–water partition coefficient (Wildman–Crippen LogP) is 4.55. The molecule has 0 unspecified atom stereocenters. The van der Waals surface area contributed by atoms with Crippen molar-refractivity contribution >= 4 is 40.0 Å². The lowest BCUT2D eigenvalue weighted by atomic mass is 10.1. The van der Waals surface area contributed by atoms with E-state index in [1.165, 1.54) is 0 Å². The van der Waals surface area contributed by atoms with Crippen LogP contribution in [-0.4, -0.2) is 20.9 Å². The highest BCUT2D eigenvalue weighted by Crippen LogP contribution is 2.24.